The first kappa shape index (κ1) is 23.0. The van der Waals surface area contributed by atoms with Gasteiger partial charge >= 0.3 is 5.97 Å². The third kappa shape index (κ3) is 8.17. The number of hydrogen-bond acceptors (Lipinski definition) is 5. The number of ether oxygens (including phenoxy) is 4. The molecule has 0 radical (unpaired) electrons. The number of carbonyl (C=O) groups excluding carboxylic acids is 1. The van der Waals surface area contributed by atoms with Crippen molar-refractivity contribution < 1.29 is 23.7 Å². The van der Waals surface area contributed by atoms with E-state index >= 15 is 0 Å². The molecule has 0 aliphatic carbocycles. The SMILES string of the molecule is O=C(OCCOCc1ccccc1)c1ccc(Br)c(OCCOCc2ccccc2)c1. The third-order valence-corrected chi connectivity index (χ3v) is 4.99. The van der Waals surface area contributed by atoms with Crippen molar-refractivity contribution in [2.45, 2.75) is 13.2 Å². The van der Waals surface area contributed by atoms with Crippen LogP contribution in [0.5, 0.6) is 5.75 Å². The molecule has 6 heteroatoms. The van der Waals surface area contributed by atoms with Crippen LogP contribution in [0.4, 0.5) is 0 Å². The molecule has 0 aliphatic heterocycles. The predicted octanol–water partition coefficient (Wildman–Crippen LogP) is 5.42. The summed E-state index contributed by atoms with van der Waals surface area (Å²) < 4.78 is 23.0. The highest BCUT2D eigenvalue weighted by Gasteiger charge is 2.11. The van der Waals surface area contributed by atoms with E-state index in [0.29, 0.717) is 44.3 Å². The summed E-state index contributed by atoms with van der Waals surface area (Å²) in [5.41, 5.74) is 2.61. The Hall–Kier alpha value is -2.67. The maximum Gasteiger partial charge on any atom is 0.338 e. The summed E-state index contributed by atoms with van der Waals surface area (Å²) in [4.78, 5) is 12.3. The van der Waals surface area contributed by atoms with Crippen LogP contribution in [-0.2, 0) is 27.4 Å². The lowest BCUT2D eigenvalue weighted by Crippen LogP contribution is -2.12. The fraction of sp³-hybridized carbons (Fsp3) is 0.240. The Morgan fingerprint density at radius 3 is 1.90 bits per heavy atom. The highest BCUT2D eigenvalue weighted by atomic mass is 79.9. The summed E-state index contributed by atoms with van der Waals surface area (Å²) in [7, 11) is 0. The Bertz CT molecular complexity index is 931. The average molecular weight is 485 g/mol. The van der Waals surface area contributed by atoms with Crippen molar-refractivity contribution >= 4 is 21.9 Å². The fourth-order valence-electron chi connectivity index (χ4n) is 2.76. The van der Waals surface area contributed by atoms with Crippen LogP contribution >= 0.6 is 15.9 Å². The molecule has 3 rings (SSSR count). The van der Waals surface area contributed by atoms with E-state index in [2.05, 4.69) is 15.9 Å². The molecule has 3 aromatic carbocycles. The molecular formula is C25H25BrO5. The van der Waals surface area contributed by atoms with Gasteiger partial charge in [-0.3, -0.25) is 0 Å². The van der Waals surface area contributed by atoms with Crippen molar-refractivity contribution in [3.05, 3.63) is 100 Å². The first-order valence-corrected chi connectivity index (χ1v) is 10.8. The molecule has 0 fully saturated rings. The largest absolute Gasteiger partial charge is 0.490 e. The van der Waals surface area contributed by atoms with E-state index in [-0.39, 0.29) is 6.61 Å². The van der Waals surface area contributed by atoms with Crippen molar-refractivity contribution in [1.29, 1.82) is 0 Å². The molecule has 0 bridgehead atoms. The molecule has 0 heterocycles. The molecule has 0 amide bonds. The van der Waals surface area contributed by atoms with Gasteiger partial charge in [-0.05, 0) is 45.3 Å². The molecule has 31 heavy (non-hydrogen) atoms. The zero-order chi connectivity index (χ0) is 21.7. The van der Waals surface area contributed by atoms with Crippen LogP contribution in [0.1, 0.15) is 21.5 Å². The molecular weight excluding hydrogens is 460 g/mol. The minimum atomic E-state index is -0.416. The molecule has 0 atom stereocenters. The van der Waals surface area contributed by atoms with Crippen LogP contribution in [0.15, 0.2) is 83.3 Å². The number of carbonyl (C=O) groups is 1. The minimum absolute atomic E-state index is 0.186. The van der Waals surface area contributed by atoms with Crippen LogP contribution < -0.4 is 4.74 Å². The zero-order valence-electron chi connectivity index (χ0n) is 17.2. The number of halogens is 1. The summed E-state index contributed by atoms with van der Waals surface area (Å²) in [6.07, 6.45) is 0. The van der Waals surface area contributed by atoms with Gasteiger partial charge in [-0.2, -0.15) is 0 Å². The highest BCUT2D eigenvalue weighted by molar-refractivity contribution is 9.10. The Morgan fingerprint density at radius 2 is 1.29 bits per heavy atom. The van der Waals surface area contributed by atoms with Crippen molar-refractivity contribution in [3.8, 4) is 5.75 Å². The number of esters is 1. The van der Waals surface area contributed by atoms with Gasteiger partial charge < -0.3 is 18.9 Å². The Kier molecular flexibility index (Phi) is 9.57. The summed E-state index contributed by atoms with van der Waals surface area (Å²) in [5.74, 6) is 0.152. The molecule has 0 unspecified atom stereocenters. The second-order valence-electron chi connectivity index (χ2n) is 6.71. The molecule has 0 aromatic heterocycles. The average Bonchev–Trinajstić information content (AvgIpc) is 2.81. The van der Waals surface area contributed by atoms with Gasteiger partial charge in [-0.15, -0.1) is 0 Å². The number of rotatable bonds is 12. The maximum atomic E-state index is 12.3. The maximum absolute atomic E-state index is 12.3. The molecule has 0 saturated heterocycles. The smallest absolute Gasteiger partial charge is 0.338 e. The summed E-state index contributed by atoms with van der Waals surface area (Å²) in [6.45, 7) is 2.35. The fourth-order valence-corrected chi connectivity index (χ4v) is 3.12. The van der Waals surface area contributed by atoms with Crippen molar-refractivity contribution in [3.63, 3.8) is 0 Å². The van der Waals surface area contributed by atoms with Gasteiger partial charge in [0, 0.05) is 0 Å². The van der Waals surface area contributed by atoms with Crippen LogP contribution in [0, 0.1) is 0 Å². The second-order valence-corrected chi connectivity index (χ2v) is 7.56. The summed E-state index contributed by atoms with van der Waals surface area (Å²) in [5, 5.41) is 0. The first-order valence-electron chi connectivity index (χ1n) is 10.0. The molecule has 162 valence electrons. The number of hydrogen-bond donors (Lipinski definition) is 0. The molecule has 0 aliphatic rings. The van der Waals surface area contributed by atoms with Crippen molar-refractivity contribution in [2.24, 2.45) is 0 Å². The molecule has 0 N–H and O–H groups in total. The predicted molar refractivity (Wildman–Crippen MR) is 122 cm³/mol. The van der Waals surface area contributed by atoms with E-state index in [1.54, 1.807) is 18.2 Å². The Morgan fingerprint density at radius 1 is 0.710 bits per heavy atom. The van der Waals surface area contributed by atoms with E-state index in [1.165, 1.54) is 0 Å². The van der Waals surface area contributed by atoms with Gasteiger partial charge in [0.15, 0.2) is 0 Å². The first-order chi connectivity index (χ1) is 15.2. The Labute approximate surface area is 191 Å². The summed E-state index contributed by atoms with van der Waals surface area (Å²) >= 11 is 3.44. The third-order valence-electron chi connectivity index (χ3n) is 4.34. The van der Waals surface area contributed by atoms with E-state index in [1.807, 2.05) is 60.7 Å². The van der Waals surface area contributed by atoms with Crippen molar-refractivity contribution in [1.82, 2.24) is 0 Å². The van der Waals surface area contributed by atoms with E-state index in [9.17, 15) is 4.79 Å². The molecule has 3 aromatic rings. The van der Waals surface area contributed by atoms with Crippen molar-refractivity contribution in [2.75, 3.05) is 26.4 Å². The monoisotopic (exact) mass is 484 g/mol. The van der Waals surface area contributed by atoms with E-state index in [4.69, 9.17) is 18.9 Å². The van der Waals surface area contributed by atoms with Gasteiger partial charge in [-0.1, -0.05) is 60.7 Å². The van der Waals surface area contributed by atoms with E-state index in [0.717, 1.165) is 15.6 Å². The van der Waals surface area contributed by atoms with Crippen LogP contribution in [-0.4, -0.2) is 32.4 Å². The van der Waals surface area contributed by atoms with Crippen LogP contribution in [0.3, 0.4) is 0 Å². The highest BCUT2D eigenvalue weighted by Crippen LogP contribution is 2.26. The molecule has 0 spiro atoms. The topological polar surface area (TPSA) is 54.0 Å². The quantitative estimate of drug-likeness (QED) is 0.253. The molecule has 0 saturated carbocycles. The van der Waals surface area contributed by atoms with Gasteiger partial charge in [0.2, 0.25) is 0 Å². The van der Waals surface area contributed by atoms with E-state index < -0.39 is 5.97 Å². The van der Waals surface area contributed by atoms with Crippen LogP contribution in [0.25, 0.3) is 0 Å². The summed E-state index contributed by atoms with van der Waals surface area (Å²) in [6, 6.07) is 24.9. The second kappa shape index (κ2) is 12.9. The lowest BCUT2D eigenvalue weighted by molar-refractivity contribution is 0.0288. The number of benzene rings is 3. The van der Waals surface area contributed by atoms with Gasteiger partial charge in [0.05, 0.1) is 36.5 Å². The normalized spacial score (nSPS) is 10.6. The van der Waals surface area contributed by atoms with Gasteiger partial charge in [0.1, 0.15) is 19.0 Å². The molecule has 5 nitrogen and oxygen atoms in total. The van der Waals surface area contributed by atoms with Crippen LogP contribution in [0.2, 0.25) is 0 Å². The lowest BCUT2D eigenvalue weighted by Gasteiger charge is -2.11. The Balaban J connectivity index is 1.37. The van der Waals surface area contributed by atoms with Gasteiger partial charge in [0.25, 0.3) is 0 Å². The lowest BCUT2D eigenvalue weighted by atomic mass is 10.2. The zero-order valence-corrected chi connectivity index (χ0v) is 18.8. The van der Waals surface area contributed by atoms with Gasteiger partial charge in [-0.25, -0.2) is 4.79 Å². The minimum Gasteiger partial charge on any atom is -0.490 e. The standard InChI is InChI=1S/C25H25BrO5/c26-23-12-11-22(25(27)31-16-14-29-19-21-9-5-2-6-10-21)17-24(23)30-15-13-28-18-20-7-3-1-4-8-20/h1-12,17H,13-16,18-19H2.